The average Bonchev–Trinajstić information content (AvgIpc) is 3.18. The molecule has 31 heavy (non-hydrogen) atoms. The summed E-state index contributed by atoms with van der Waals surface area (Å²) in [5, 5.41) is 12.2. The van der Waals surface area contributed by atoms with Crippen LogP contribution in [0.25, 0.3) is 11.4 Å². The minimum atomic E-state index is 0.385. The zero-order chi connectivity index (χ0) is 21.6. The Morgan fingerprint density at radius 1 is 1.06 bits per heavy atom. The van der Waals surface area contributed by atoms with E-state index in [0.717, 1.165) is 16.7 Å². The van der Waals surface area contributed by atoms with Crippen LogP contribution in [-0.2, 0) is 6.61 Å². The van der Waals surface area contributed by atoms with Gasteiger partial charge in [0.25, 0.3) is 0 Å². The van der Waals surface area contributed by atoms with Crippen LogP contribution in [0, 0.1) is 4.77 Å². The summed E-state index contributed by atoms with van der Waals surface area (Å²) in [6, 6.07) is 22.9. The molecule has 0 amide bonds. The van der Waals surface area contributed by atoms with Crippen molar-refractivity contribution >= 4 is 30.0 Å². The van der Waals surface area contributed by atoms with Gasteiger partial charge in [-0.3, -0.25) is 0 Å². The van der Waals surface area contributed by atoms with Crippen LogP contribution in [-0.4, -0.2) is 28.2 Å². The van der Waals surface area contributed by atoms with Crippen molar-refractivity contribution < 1.29 is 9.47 Å². The van der Waals surface area contributed by atoms with Gasteiger partial charge in [-0.05, 0) is 65.8 Å². The number of benzene rings is 3. The molecule has 0 bridgehead atoms. The second-order valence-electron chi connectivity index (χ2n) is 6.60. The van der Waals surface area contributed by atoms with Crippen molar-refractivity contribution in [3.63, 3.8) is 0 Å². The van der Waals surface area contributed by atoms with Crippen molar-refractivity contribution in [1.29, 1.82) is 0 Å². The molecule has 1 N–H and O–H groups in total. The quantitative estimate of drug-likeness (QED) is 0.288. The van der Waals surface area contributed by atoms with Gasteiger partial charge in [0, 0.05) is 10.6 Å². The first-order valence-corrected chi connectivity index (χ1v) is 10.2. The van der Waals surface area contributed by atoms with Gasteiger partial charge < -0.3 is 9.47 Å². The largest absolute Gasteiger partial charge is 0.493 e. The van der Waals surface area contributed by atoms with Crippen molar-refractivity contribution in [2.75, 3.05) is 7.11 Å². The molecule has 0 unspecified atom stereocenters. The maximum atomic E-state index is 5.98. The summed E-state index contributed by atoms with van der Waals surface area (Å²) in [5.74, 6) is 1.87. The Hall–Kier alpha value is -3.42. The van der Waals surface area contributed by atoms with Gasteiger partial charge in [-0.25, -0.2) is 5.10 Å². The lowest BCUT2D eigenvalue weighted by Gasteiger charge is -2.11. The van der Waals surface area contributed by atoms with E-state index < -0.39 is 0 Å². The summed E-state index contributed by atoms with van der Waals surface area (Å²) in [6.07, 6.45) is 1.69. The zero-order valence-corrected chi connectivity index (χ0v) is 18.2. The van der Waals surface area contributed by atoms with Gasteiger partial charge in [0.05, 0.1) is 13.3 Å². The highest BCUT2D eigenvalue weighted by Gasteiger charge is 2.09. The molecule has 0 radical (unpaired) electrons. The van der Waals surface area contributed by atoms with Crippen molar-refractivity contribution in [2.24, 2.45) is 5.10 Å². The third-order valence-electron chi connectivity index (χ3n) is 4.50. The SMILES string of the molecule is COc1cc(C=Nn2c(-c3ccc(Cl)cc3)n[nH]c2=S)ccc1OCc1ccccc1. The number of rotatable bonds is 7. The molecule has 0 aliphatic rings. The molecule has 0 saturated heterocycles. The smallest absolute Gasteiger partial charge is 0.216 e. The maximum Gasteiger partial charge on any atom is 0.216 e. The average molecular weight is 451 g/mol. The number of methoxy groups -OCH3 is 1. The molecule has 4 rings (SSSR count). The number of hydrogen-bond donors (Lipinski definition) is 1. The third kappa shape index (κ3) is 5.02. The molecule has 0 atom stereocenters. The monoisotopic (exact) mass is 450 g/mol. The molecular weight excluding hydrogens is 432 g/mol. The van der Waals surface area contributed by atoms with E-state index in [9.17, 15) is 0 Å². The summed E-state index contributed by atoms with van der Waals surface area (Å²) < 4.78 is 13.3. The highest BCUT2D eigenvalue weighted by molar-refractivity contribution is 7.71. The Bertz CT molecular complexity index is 1250. The van der Waals surface area contributed by atoms with E-state index >= 15 is 0 Å². The Balaban J connectivity index is 1.55. The minimum absolute atomic E-state index is 0.385. The summed E-state index contributed by atoms with van der Waals surface area (Å²) >= 11 is 11.3. The van der Waals surface area contributed by atoms with Gasteiger partial charge in [0.2, 0.25) is 4.77 Å². The molecule has 8 heteroatoms. The molecule has 1 aromatic heterocycles. The number of nitrogens with zero attached hydrogens (tertiary/aromatic N) is 3. The fraction of sp³-hybridized carbons (Fsp3) is 0.0870. The van der Waals surface area contributed by atoms with Crippen LogP contribution in [0.4, 0.5) is 0 Å². The normalized spacial score (nSPS) is 11.0. The molecule has 1 heterocycles. The lowest BCUT2D eigenvalue weighted by Crippen LogP contribution is -1.99. The van der Waals surface area contributed by atoms with Crippen molar-refractivity contribution in [1.82, 2.24) is 14.9 Å². The predicted octanol–water partition coefficient (Wildman–Crippen LogP) is 5.73. The van der Waals surface area contributed by atoms with E-state index in [1.54, 1.807) is 30.1 Å². The zero-order valence-electron chi connectivity index (χ0n) is 16.7. The predicted molar refractivity (Wildman–Crippen MR) is 125 cm³/mol. The summed E-state index contributed by atoms with van der Waals surface area (Å²) in [4.78, 5) is 0. The first-order valence-electron chi connectivity index (χ1n) is 9.46. The number of aromatic nitrogens is 3. The van der Waals surface area contributed by atoms with Crippen molar-refractivity contribution in [2.45, 2.75) is 6.61 Å². The number of nitrogens with one attached hydrogen (secondary N) is 1. The van der Waals surface area contributed by atoms with Crippen LogP contribution in [0.2, 0.25) is 5.02 Å². The van der Waals surface area contributed by atoms with Crippen molar-refractivity contribution in [3.8, 4) is 22.9 Å². The van der Waals surface area contributed by atoms with Crippen LogP contribution in [0.5, 0.6) is 11.5 Å². The Morgan fingerprint density at radius 3 is 2.58 bits per heavy atom. The summed E-state index contributed by atoms with van der Waals surface area (Å²) in [6.45, 7) is 0.458. The molecule has 0 saturated carbocycles. The fourth-order valence-electron chi connectivity index (χ4n) is 2.93. The minimum Gasteiger partial charge on any atom is -0.493 e. The van der Waals surface area contributed by atoms with Crippen LogP contribution in [0.3, 0.4) is 0 Å². The van der Waals surface area contributed by atoms with Gasteiger partial charge in [0.15, 0.2) is 17.3 Å². The highest BCUT2D eigenvalue weighted by atomic mass is 35.5. The van der Waals surface area contributed by atoms with Crippen molar-refractivity contribution in [3.05, 3.63) is 93.7 Å². The molecule has 3 aromatic carbocycles. The maximum absolute atomic E-state index is 5.98. The molecule has 0 aliphatic heterocycles. The number of hydrogen-bond acceptors (Lipinski definition) is 5. The highest BCUT2D eigenvalue weighted by Crippen LogP contribution is 2.28. The van der Waals surface area contributed by atoms with Crippen LogP contribution in [0.1, 0.15) is 11.1 Å². The first kappa shape index (κ1) is 20.8. The molecular formula is C23H19ClN4O2S. The van der Waals surface area contributed by atoms with E-state index in [0.29, 0.717) is 33.7 Å². The van der Waals surface area contributed by atoms with E-state index in [1.807, 2.05) is 60.7 Å². The second kappa shape index (κ2) is 9.59. The number of aromatic amines is 1. The van der Waals surface area contributed by atoms with E-state index in [1.165, 1.54) is 0 Å². The first-order chi connectivity index (χ1) is 15.1. The van der Waals surface area contributed by atoms with Gasteiger partial charge >= 0.3 is 0 Å². The molecule has 0 spiro atoms. The van der Waals surface area contributed by atoms with Crippen LogP contribution < -0.4 is 9.47 Å². The Morgan fingerprint density at radius 2 is 1.84 bits per heavy atom. The molecule has 4 aromatic rings. The number of H-pyrrole nitrogens is 1. The molecule has 6 nitrogen and oxygen atoms in total. The van der Waals surface area contributed by atoms with E-state index in [-0.39, 0.29) is 0 Å². The molecule has 0 aliphatic carbocycles. The van der Waals surface area contributed by atoms with E-state index in [2.05, 4.69) is 15.3 Å². The fourth-order valence-corrected chi connectivity index (χ4v) is 3.23. The topological polar surface area (TPSA) is 64.4 Å². The Labute approximate surface area is 189 Å². The van der Waals surface area contributed by atoms with Gasteiger partial charge in [-0.15, -0.1) is 0 Å². The van der Waals surface area contributed by atoms with Gasteiger partial charge in [-0.1, -0.05) is 41.9 Å². The van der Waals surface area contributed by atoms with Gasteiger partial charge in [0.1, 0.15) is 6.61 Å². The molecule has 156 valence electrons. The summed E-state index contributed by atoms with van der Waals surface area (Å²) in [7, 11) is 1.61. The summed E-state index contributed by atoms with van der Waals surface area (Å²) in [5.41, 5.74) is 2.75. The van der Waals surface area contributed by atoms with Crippen LogP contribution >= 0.6 is 23.8 Å². The van der Waals surface area contributed by atoms with E-state index in [4.69, 9.17) is 33.3 Å². The number of halogens is 1. The lowest BCUT2D eigenvalue weighted by atomic mass is 10.2. The third-order valence-corrected chi connectivity index (χ3v) is 5.02. The Kier molecular flexibility index (Phi) is 6.45. The second-order valence-corrected chi connectivity index (χ2v) is 7.42. The van der Waals surface area contributed by atoms with Gasteiger partial charge in [-0.2, -0.15) is 14.9 Å². The standard InChI is InChI=1S/C23H19ClN4O2S/c1-29-21-13-17(7-12-20(21)30-15-16-5-3-2-4-6-16)14-25-28-22(26-27-23(28)31)18-8-10-19(24)11-9-18/h2-14H,15H2,1H3,(H,27,31). The lowest BCUT2D eigenvalue weighted by molar-refractivity contribution is 0.284. The van der Waals surface area contributed by atoms with Crippen LogP contribution in [0.15, 0.2) is 77.9 Å². The number of ether oxygens (including phenoxy) is 2. The molecule has 0 fully saturated rings.